The standard InChI is InChI=1S/C13H23N3O5S2/c17-5-9-22-7-1-3-15-11(19)14-12(20)16(13(15)21)4-2-8-23-10-6-18/h17-18H,1-10H2,(H,14,19,20). The van der Waals surface area contributed by atoms with Crippen molar-refractivity contribution < 1.29 is 10.2 Å². The number of aromatic nitrogens is 3. The Balaban J connectivity index is 2.68. The van der Waals surface area contributed by atoms with Crippen LogP contribution in [0, 0.1) is 0 Å². The van der Waals surface area contributed by atoms with Crippen LogP contribution in [0.2, 0.25) is 0 Å². The third-order valence-electron chi connectivity index (χ3n) is 2.98. The van der Waals surface area contributed by atoms with Crippen LogP contribution in [0.5, 0.6) is 0 Å². The summed E-state index contributed by atoms with van der Waals surface area (Å²) in [5, 5.41) is 17.4. The molecule has 0 radical (unpaired) electrons. The Kier molecular flexibility index (Phi) is 10.1. The van der Waals surface area contributed by atoms with Crippen molar-refractivity contribution in [1.29, 1.82) is 0 Å². The van der Waals surface area contributed by atoms with Gasteiger partial charge in [0.05, 0.1) is 13.2 Å². The third-order valence-corrected chi connectivity index (χ3v) is 5.08. The Labute approximate surface area is 141 Å². The predicted octanol–water partition coefficient (Wildman–Crippen LogP) is -1.07. The Morgan fingerprint density at radius 3 is 1.61 bits per heavy atom. The van der Waals surface area contributed by atoms with Crippen molar-refractivity contribution in [3.63, 3.8) is 0 Å². The number of aliphatic hydroxyl groups is 2. The van der Waals surface area contributed by atoms with Gasteiger partial charge in [0.1, 0.15) is 0 Å². The molecule has 10 heteroatoms. The Morgan fingerprint density at radius 1 is 0.783 bits per heavy atom. The molecule has 0 unspecified atom stereocenters. The minimum absolute atomic E-state index is 0.102. The molecule has 3 N–H and O–H groups in total. The summed E-state index contributed by atoms with van der Waals surface area (Å²) in [5.74, 6) is 2.69. The molecule has 0 bridgehead atoms. The molecule has 0 saturated heterocycles. The van der Waals surface area contributed by atoms with Gasteiger partial charge in [0.2, 0.25) is 0 Å². The first kappa shape index (κ1) is 20.1. The number of nitrogens with one attached hydrogen (secondary N) is 1. The average Bonchev–Trinajstić information content (AvgIpc) is 2.52. The molecule has 23 heavy (non-hydrogen) atoms. The number of thioether (sulfide) groups is 2. The van der Waals surface area contributed by atoms with Crippen molar-refractivity contribution in [1.82, 2.24) is 14.1 Å². The lowest BCUT2D eigenvalue weighted by molar-refractivity contribution is 0.322. The Hall–Kier alpha value is -0.970. The van der Waals surface area contributed by atoms with Crippen LogP contribution in [0.3, 0.4) is 0 Å². The highest BCUT2D eigenvalue weighted by Crippen LogP contribution is 2.02. The maximum atomic E-state index is 12.3. The minimum Gasteiger partial charge on any atom is -0.396 e. The largest absolute Gasteiger partial charge is 0.396 e. The Bertz CT molecular complexity index is 576. The maximum absolute atomic E-state index is 12.3. The van der Waals surface area contributed by atoms with Crippen LogP contribution < -0.4 is 17.1 Å². The van der Waals surface area contributed by atoms with Gasteiger partial charge in [-0.15, -0.1) is 0 Å². The number of nitrogens with zero attached hydrogens (tertiary/aromatic N) is 2. The molecule has 0 aromatic carbocycles. The van der Waals surface area contributed by atoms with Crippen LogP contribution in [-0.2, 0) is 13.1 Å². The second-order valence-corrected chi connectivity index (χ2v) is 7.15. The fraction of sp³-hybridized carbons (Fsp3) is 0.769. The number of H-pyrrole nitrogens is 1. The monoisotopic (exact) mass is 365 g/mol. The van der Waals surface area contributed by atoms with Crippen molar-refractivity contribution in [3.05, 3.63) is 31.5 Å². The van der Waals surface area contributed by atoms with Gasteiger partial charge in [0, 0.05) is 24.6 Å². The van der Waals surface area contributed by atoms with E-state index in [0.29, 0.717) is 24.3 Å². The van der Waals surface area contributed by atoms with E-state index in [-0.39, 0.29) is 26.3 Å². The molecule has 1 heterocycles. The lowest BCUT2D eigenvalue weighted by atomic mass is 10.4. The SMILES string of the molecule is O=c1[nH]c(=O)n(CCCSCCO)c(=O)n1CCCSCCO. The molecule has 0 saturated carbocycles. The minimum atomic E-state index is -0.682. The van der Waals surface area contributed by atoms with Crippen molar-refractivity contribution in [2.45, 2.75) is 25.9 Å². The number of aliphatic hydroxyl groups excluding tert-OH is 2. The van der Waals surface area contributed by atoms with E-state index in [1.54, 1.807) is 23.5 Å². The van der Waals surface area contributed by atoms with Crippen LogP contribution >= 0.6 is 23.5 Å². The quantitative estimate of drug-likeness (QED) is 0.404. The van der Waals surface area contributed by atoms with Crippen molar-refractivity contribution >= 4 is 23.5 Å². The van der Waals surface area contributed by atoms with Gasteiger partial charge in [-0.1, -0.05) is 0 Å². The molecule has 0 aliphatic heterocycles. The van der Waals surface area contributed by atoms with Gasteiger partial charge < -0.3 is 10.2 Å². The molecule has 1 aromatic rings. The topological polar surface area (TPSA) is 117 Å². The van der Waals surface area contributed by atoms with E-state index in [9.17, 15) is 14.4 Å². The summed E-state index contributed by atoms with van der Waals surface area (Å²) in [7, 11) is 0. The highest BCUT2D eigenvalue weighted by atomic mass is 32.2. The lowest BCUT2D eigenvalue weighted by Gasteiger charge is -2.08. The van der Waals surface area contributed by atoms with Crippen LogP contribution in [0.25, 0.3) is 0 Å². The lowest BCUT2D eigenvalue weighted by Crippen LogP contribution is -2.49. The molecule has 0 spiro atoms. The molecule has 0 atom stereocenters. The molecule has 0 amide bonds. The van der Waals surface area contributed by atoms with Gasteiger partial charge in [-0.25, -0.2) is 23.5 Å². The van der Waals surface area contributed by atoms with Crippen molar-refractivity contribution in [3.8, 4) is 0 Å². The third kappa shape index (κ3) is 6.98. The number of rotatable bonds is 12. The first-order valence-corrected chi connectivity index (χ1v) is 9.74. The van der Waals surface area contributed by atoms with E-state index in [1.807, 2.05) is 0 Å². The van der Waals surface area contributed by atoms with E-state index in [2.05, 4.69) is 4.98 Å². The van der Waals surface area contributed by atoms with E-state index < -0.39 is 17.1 Å². The molecule has 0 fully saturated rings. The first-order chi connectivity index (χ1) is 11.1. The van der Waals surface area contributed by atoms with Gasteiger partial charge >= 0.3 is 17.1 Å². The fourth-order valence-electron chi connectivity index (χ4n) is 1.92. The summed E-state index contributed by atoms with van der Waals surface area (Å²) in [4.78, 5) is 38.0. The van der Waals surface area contributed by atoms with Crippen LogP contribution in [0.1, 0.15) is 12.8 Å². The van der Waals surface area contributed by atoms with Gasteiger partial charge in [-0.05, 0) is 24.3 Å². The van der Waals surface area contributed by atoms with E-state index in [0.717, 1.165) is 20.6 Å². The summed E-state index contributed by atoms with van der Waals surface area (Å²) in [6.07, 6.45) is 1.22. The Morgan fingerprint density at radius 2 is 1.22 bits per heavy atom. The normalized spacial score (nSPS) is 11.0. The second kappa shape index (κ2) is 11.5. The summed E-state index contributed by atoms with van der Waals surface area (Å²) in [5.41, 5.74) is -1.95. The number of hydrogen-bond donors (Lipinski definition) is 3. The summed E-state index contributed by atoms with van der Waals surface area (Å²) >= 11 is 3.09. The van der Waals surface area contributed by atoms with E-state index in [4.69, 9.17) is 10.2 Å². The smallest absolute Gasteiger partial charge is 0.336 e. The first-order valence-electron chi connectivity index (χ1n) is 7.43. The van der Waals surface area contributed by atoms with Gasteiger partial charge in [0.25, 0.3) is 0 Å². The zero-order valence-electron chi connectivity index (χ0n) is 12.9. The zero-order chi connectivity index (χ0) is 17.1. The maximum Gasteiger partial charge on any atom is 0.336 e. The second-order valence-electron chi connectivity index (χ2n) is 4.70. The van der Waals surface area contributed by atoms with Crippen LogP contribution in [0.4, 0.5) is 0 Å². The van der Waals surface area contributed by atoms with Crippen molar-refractivity contribution in [2.75, 3.05) is 36.2 Å². The molecule has 1 rings (SSSR count). The molecule has 132 valence electrons. The van der Waals surface area contributed by atoms with Gasteiger partial charge in [-0.2, -0.15) is 23.5 Å². The fourth-order valence-corrected chi connectivity index (χ4v) is 3.26. The number of aromatic amines is 1. The van der Waals surface area contributed by atoms with E-state index in [1.165, 1.54) is 0 Å². The molecule has 1 aromatic heterocycles. The summed E-state index contributed by atoms with van der Waals surface area (Å²) < 4.78 is 2.09. The van der Waals surface area contributed by atoms with E-state index >= 15 is 0 Å². The van der Waals surface area contributed by atoms with Gasteiger partial charge in [-0.3, -0.25) is 4.98 Å². The highest BCUT2D eigenvalue weighted by molar-refractivity contribution is 7.99. The highest BCUT2D eigenvalue weighted by Gasteiger charge is 2.09. The van der Waals surface area contributed by atoms with Crippen molar-refractivity contribution in [2.24, 2.45) is 0 Å². The molecule has 0 aliphatic rings. The summed E-state index contributed by atoms with van der Waals surface area (Å²) in [6, 6.07) is 0. The summed E-state index contributed by atoms with van der Waals surface area (Å²) in [6.45, 7) is 0.688. The molecule has 0 aliphatic carbocycles. The van der Waals surface area contributed by atoms with Gasteiger partial charge in [0.15, 0.2) is 0 Å². The zero-order valence-corrected chi connectivity index (χ0v) is 14.5. The average molecular weight is 365 g/mol. The number of hydrogen-bond acceptors (Lipinski definition) is 7. The molecular weight excluding hydrogens is 342 g/mol. The molecule has 8 nitrogen and oxygen atoms in total. The van der Waals surface area contributed by atoms with Crippen LogP contribution in [-0.4, -0.2) is 60.6 Å². The molecular formula is C13H23N3O5S2. The van der Waals surface area contributed by atoms with Crippen LogP contribution in [0.15, 0.2) is 14.4 Å². The predicted molar refractivity (Wildman–Crippen MR) is 93.6 cm³/mol.